The van der Waals surface area contributed by atoms with Crippen LogP contribution in [0, 0.1) is 0 Å². The van der Waals surface area contributed by atoms with E-state index in [9.17, 15) is 4.79 Å². The Morgan fingerprint density at radius 3 is 2.41 bits per heavy atom. The van der Waals surface area contributed by atoms with Crippen molar-refractivity contribution in [1.29, 1.82) is 0 Å². The summed E-state index contributed by atoms with van der Waals surface area (Å²) in [7, 11) is 0. The lowest BCUT2D eigenvalue weighted by Gasteiger charge is -2.06. The molecule has 17 heavy (non-hydrogen) atoms. The summed E-state index contributed by atoms with van der Waals surface area (Å²) >= 11 is 11.8. The van der Waals surface area contributed by atoms with E-state index in [0.29, 0.717) is 21.3 Å². The molecule has 2 aromatic rings. The molecule has 0 spiro atoms. The average Bonchev–Trinajstić information content (AvgIpc) is 2.33. The number of amides is 1. The first kappa shape index (κ1) is 12.0. The standard InChI is InChI=1S/C13H9Cl2NO/c14-9-6-7-12(15)11(8-9)13(17)16-10-4-2-1-3-5-10/h1-8H,(H,16,17). The number of carbonyl (C=O) groups is 1. The molecule has 86 valence electrons. The van der Waals surface area contributed by atoms with Gasteiger partial charge in [-0.05, 0) is 30.3 Å². The highest BCUT2D eigenvalue weighted by Crippen LogP contribution is 2.21. The van der Waals surface area contributed by atoms with Crippen LogP contribution < -0.4 is 5.32 Å². The van der Waals surface area contributed by atoms with E-state index in [0.717, 1.165) is 0 Å². The Labute approximate surface area is 109 Å². The molecule has 0 fully saturated rings. The fourth-order valence-electron chi connectivity index (χ4n) is 1.39. The summed E-state index contributed by atoms with van der Waals surface area (Å²) in [4.78, 5) is 11.9. The Kier molecular flexibility index (Phi) is 3.67. The molecule has 2 rings (SSSR count). The van der Waals surface area contributed by atoms with Crippen molar-refractivity contribution in [2.45, 2.75) is 0 Å². The second kappa shape index (κ2) is 5.21. The van der Waals surface area contributed by atoms with Crippen LogP contribution in [0.15, 0.2) is 48.5 Å². The first-order chi connectivity index (χ1) is 8.16. The van der Waals surface area contributed by atoms with Crippen molar-refractivity contribution in [2.24, 2.45) is 0 Å². The Morgan fingerprint density at radius 1 is 1.00 bits per heavy atom. The molecular formula is C13H9Cl2NO. The molecule has 0 saturated carbocycles. The van der Waals surface area contributed by atoms with Gasteiger partial charge in [0.2, 0.25) is 0 Å². The largest absolute Gasteiger partial charge is 0.322 e. The van der Waals surface area contributed by atoms with E-state index >= 15 is 0 Å². The highest BCUT2D eigenvalue weighted by atomic mass is 35.5. The average molecular weight is 266 g/mol. The maximum absolute atomic E-state index is 11.9. The van der Waals surface area contributed by atoms with Gasteiger partial charge in [0, 0.05) is 10.7 Å². The first-order valence-corrected chi connectivity index (χ1v) is 5.74. The van der Waals surface area contributed by atoms with Crippen molar-refractivity contribution >= 4 is 34.8 Å². The van der Waals surface area contributed by atoms with E-state index in [1.165, 1.54) is 0 Å². The summed E-state index contributed by atoms with van der Waals surface area (Å²) in [6.45, 7) is 0. The molecule has 1 N–H and O–H groups in total. The summed E-state index contributed by atoms with van der Waals surface area (Å²) in [5, 5.41) is 3.60. The minimum atomic E-state index is -0.274. The van der Waals surface area contributed by atoms with Gasteiger partial charge in [-0.2, -0.15) is 0 Å². The van der Waals surface area contributed by atoms with Crippen molar-refractivity contribution in [3.05, 3.63) is 64.1 Å². The van der Waals surface area contributed by atoms with E-state index in [-0.39, 0.29) is 5.91 Å². The Balaban J connectivity index is 2.23. The van der Waals surface area contributed by atoms with Crippen LogP contribution in [-0.4, -0.2) is 5.91 Å². The predicted molar refractivity (Wildman–Crippen MR) is 70.9 cm³/mol. The minimum absolute atomic E-state index is 0.274. The number of para-hydroxylation sites is 1. The second-order valence-corrected chi connectivity index (χ2v) is 4.29. The van der Waals surface area contributed by atoms with Crippen LogP contribution in [0.3, 0.4) is 0 Å². The van der Waals surface area contributed by atoms with Crippen molar-refractivity contribution in [3.8, 4) is 0 Å². The third-order valence-electron chi connectivity index (χ3n) is 2.20. The number of benzene rings is 2. The van der Waals surface area contributed by atoms with Crippen LogP contribution in [0.5, 0.6) is 0 Å². The molecule has 1 amide bonds. The van der Waals surface area contributed by atoms with Crippen LogP contribution in [0.4, 0.5) is 5.69 Å². The molecule has 0 bridgehead atoms. The molecular weight excluding hydrogens is 257 g/mol. The van der Waals surface area contributed by atoms with Gasteiger partial charge >= 0.3 is 0 Å². The number of hydrogen-bond acceptors (Lipinski definition) is 1. The van der Waals surface area contributed by atoms with Gasteiger partial charge in [-0.15, -0.1) is 0 Å². The van der Waals surface area contributed by atoms with Gasteiger partial charge in [0.25, 0.3) is 5.91 Å². The molecule has 4 heteroatoms. The van der Waals surface area contributed by atoms with Gasteiger partial charge in [0.15, 0.2) is 0 Å². The minimum Gasteiger partial charge on any atom is -0.322 e. The number of nitrogens with one attached hydrogen (secondary N) is 1. The predicted octanol–water partition coefficient (Wildman–Crippen LogP) is 4.25. The summed E-state index contributed by atoms with van der Waals surface area (Å²) < 4.78 is 0. The highest BCUT2D eigenvalue weighted by Gasteiger charge is 2.10. The van der Waals surface area contributed by atoms with Gasteiger partial charge in [0.1, 0.15) is 0 Å². The SMILES string of the molecule is O=C(Nc1ccccc1)c1cc(Cl)ccc1Cl. The zero-order chi connectivity index (χ0) is 12.3. The van der Waals surface area contributed by atoms with E-state index in [1.54, 1.807) is 30.3 Å². The molecule has 0 saturated heterocycles. The molecule has 0 heterocycles. The molecule has 0 radical (unpaired) electrons. The zero-order valence-corrected chi connectivity index (χ0v) is 10.3. The molecule has 0 aliphatic rings. The number of rotatable bonds is 2. The lowest BCUT2D eigenvalue weighted by Crippen LogP contribution is -2.12. The molecule has 0 aromatic heterocycles. The molecule has 2 nitrogen and oxygen atoms in total. The van der Waals surface area contributed by atoms with Gasteiger partial charge in [0.05, 0.1) is 10.6 Å². The third-order valence-corrected chi connectivity index (χ3v) is 2.77. The van der Waals surface area contributed by atoms with Crippen molar-refractivity contribution in [1.82, 2.24) is 0 Å². The number of hydrogen-bond donors (Lipinski definition) is 1. The third kappa shape index (κ3) is 2.99. The van der Waals surface area contributed by atoms with E-state index in [1.807, 2.05) is 18.2 Å². The number of halogens is 2. The maximum Gasteiger partial charge on any atom is 0.257 e. The monoisotopic (exact) mass is 265 g/mol. The maximum atomic E-state index is 11.9. The molecule has 0 aliphatic heterocycles. The molecule has 0 unspecified atom stereocenters. The van der Waals surface area contributed by atoms with Crippen LogP contribution in [0.25, 0.3) is 0 Å². The Bertz CT molecular complexity index is 540. The van der Waals surface area contributed by atoms with Gasteiger partial charge in [-0.3, -0.25) is 4.79 Å². The van der Waals surface area contributed by atoms with Crippen LogP contribution in [0.1, 0.15) is 10.4 Å². The summed E-state index contributed by atoms with van der Waals surface area (Å²) in [5.41, 5.74) is 1.08. The molecule has 2 aromatic carbocycles. The van der Waals surface area contributed by atoms with E-state index < -0.39 is 0 Å². The highest BCUT2D eigenvalue weighted by molar-refractivity contribution is 6.36. The summed E-state index contributed by atoms with van der Waals surface area (Å²) in [6.07, 6.45) is 0. The summed E-state index contributed by atoms with van der Waals surface area (Å²) in [6, 6.07) is 14.0. The summed E-state index contributed by atoms with van der Waals surface area (Å²) in [5.74, 6) is -0.274. The number of anilines is 1. The molecule has 0 aliphatic carbocycles. The topological polar surface area (TPSA) is 29.1 Å². The van der Waals surface area contributed by atoms with Gasteiger partial charge < -0.3 is 5.32 Å². The normalized spacial score (nSPS) is 10.0. The lowest BCUT2D eigenvalue weighted by molar-refractivity contribution is 0.102. The lowest BCUT2D eigenvalue weighted by atomic mass is 10.2. The van der Waals surface area contributed by atoms with E-state index in [2.05, 4.69) is 5.32 Å². The fourth-order valence-corrected chi connectivity index (χ4v) is 1.77. The Morgan fingerprint density at radius 2 is 1.71 bits per heavy atom. The van der Waals surface area contributed by atoms with Crippen molar-refractivity contribution in [2.75, 3.05) is 5.32 Å². The smallest absolute Gasteiger partial charge is 0.257 e. The first-order valence-electron chi connectivity index (χ1n) is 4.98. The zero-order valence-electron chi connectivity index (χ0n) is 8.78. The number of carbonyl (C=O) groups excluding carboxylic acids is 1. The van der Waals surface area contributed by atoms with Crippen molar-refractivity contribution in [3.63, 3.8) is 0 Å². The van der Waals surface area contributed by atoms with E-state index in [4.69, 9.17) is 23.2 Å². The Hall–Kier alpha value is -1.51. The van der Waals surface area contributed by atoms with Crippen LogP contribution in [0.2, 0.25) is 10.0 Å². The van der Waals surface area contributed by atoms with Crippen LogP contribution >= 0.6 is 23.2 Å². The van der Waals surface area contributed by atoms with Gasteiger partial charge in [-0.1, -0.05) is 41.4 Å². The van der Waals surface area contributed by atoms with Crippen LogP contribution in [-0.2, 0) is 0 Å². The molecule has 0 atom stereocenters. The quantitative estimate of drug-likeness (QED) is 0.865. The fraction of sp³-hybridized carbons (Fsp3) is 0. The van der Waals surface area contributed by atoms with Gasteiger partial charge in [-0.25, -0.2) is 0 Å². The second-order valence-electron chi connectivity index (χ2n) is 3.44. The van der Waals surface area contributed by atoms with Crippen molar-refractivity contribution < 1.29 is 4.79 Å².